The van der Waals surface area contributed by atoms with Crippen LogP contribution in [-0.4, -0.2) is 44.1 Å². The normalized spacial score (nSPS) is 15.0. The van der Waals surface area contributed by atoms with Gasteiger partial charge >= 0.3 is 0 Å². The summed E-state index contributed by atoms with van der Waals surface area (Å²) in [7, 11) is 0. The Balaban J connectivity index is 1.30. The Hall–Kier alpha value is -4.44. The molecule has 3 aromatic carbocycles. The summed E-state index contributed by atoms with van der Waals surface area (Å²) in [5, 5.41) is 0. The number of aromatic nitrogens is 2. The van der Waals surface area contributed by atoms with Crippen LogP contribution in [0.5, 0.6) is 0 Å². The lowest BCUT2D eigenvalue weighted by Crippen LogP contribution is -2.35. The first-order valence-corrected chi connectivity index (χ1v) is 13.0. The summed E-state index contributed by atoms with van der Waals surface area (Å²) in [6.07, 6.45) is 0.487. The quantitative estimate of drug-likeness (QED) is 0.329. The van der Waals surface area contributed by atoms with Gasteiger partial charge in [0.05, 0.1) is 29.8 Å². The first-order valence-electron chi connectivity index (χ1n) is 13.0. The second kappa shape index (κ2) is 10.3. The maximum atomic E-state index is 13.7. The van der Waals surface area contributed by atoms with Crippen LogP contribution >= 0.6 is 0 Å². The number of rotatable bonds is 7. The van der Waals surface area contributed by atoms with Gasteiger partial charge in [-0.25, -0.2) is 17.9 Å². The van der Waals surface area contributed by atoms with E-state index in [-0.39, 0.29) is 55.9 Å². The van der Waals surface area contributed by atoms with Gasteiger partial charge in [0.15, 0.2) is 0 Å². The Kier molecular flexibility index (Phi) is 6.63. The van der Waals surface area contributed by atoms with Crippen molar-refractivity contribution < 1.29 is 22.8 Å². The fourth-order valence-electron chi connectivity index (χ4n) is 5.60. The van der Waals surface area contributed by atoms with Crippen molar-refractivity contribution in [2.75, 3.05) is 13.1 Å². The highest BCUT2D eigenvalue weighted by molar-refractivity contribution is 6.21. The molecule has 0 aliphatic carbocycles. The Morgan fingerprint density at radius 3 is 1.98 bits per heavy atom. The summed E-state index contributed by atoms with van der Waals surface area (Å²) in [4.78, 5) is 42.7. The van der Waals surface area contributed by atoms with Crippen molar-refractivity contribution in [1.82, 2.24) is 19.2 Å². The van der Waals surface area contributed by atoms with Crippen LogP contribution in [0.25, 0.3) is 0 Å². The molecule has 0 saturated carbocycles. The molecule has 0 saturated heterocycles. The molecule has 2 aliphatic heterocycles. The Morgan fingerprint density at radius 1 is 0.675 bits per heavy atom. The van der Waals surface area contributed by atoms with Crippen LogP contribution in [0.2, 0.25) is 0 Å². The van der Waals surface area contributed by atoms with E-state index >= 15 is 0 Å². The standard InChI is InChI=1S/C30H25F3N4O3/c31-21-7-5-19(6-8-21)17-37-30(40)26-18-34(16-20-13-22(32)15-23(33)14-20)10-9-27(26)36(37)12-11-35-28(38)24-3-1-2-4-25(24)29(35)39/h1-8,13-15H,9-12,16-18H2. The molecule has 0 N–H and O–H groups in total. The van der Waals surface area contributed by atoms with Crippen LogP contribution in [0, 0.1) is 17.5 Å². The molecule has 7 nitrogen and oxygen atoms in total. The largest absolute Gasteiger partial charge is 0.294 e. The van der Waals surface area contributed by atoms with Gasteiger partial charge in [0, 0.05) is 44.4 Å². The zero-order valence-electron chi connectivity index (χ0n) is 21.4. The minimum absolute atomic E-state index is 0.0720. The molecule has 10 heteroatoms. The lowest BCUT2D eigenvalue weighted by molar-refractivity contribution is 0.0645. The molecule has 0 radical (unpaired) electrons. The van der Waals surface area contributed by atoms with Crippen molar-refractivity contribution in [3.8, 4) is 0 Å². The highest BCUT2D eigenvalue weighted by Crippen LogP contribution is 2.24. The number of hydrogen-bond acceptors (Lipinski definition) is 4. The number of imide groups is 1. The van der Waals surface area contributed by atoms with E-state index in [9.17, 15) is 27.6 Å². The number of nitrogens with zero attached hydrogens (tertiary/aromatic N) is 4. The van der Waals surface area contributed by atoms with Crippen LogP contribution in [0.15, 0.2) is 71.5 Å². The number of fused-ring (bicyclic) bond motifs is 2. The van der Waals surface area contributed by atoms with E-state index < -0.39 is 11.6 Å². The summed E-state index contributed by atoms with van der Waals surface area (Å²) in [6, 6.07) is 15.9. The number of halogens is 3. The fraction of sp³-hybridized carbons (Fsp3) is 0.233. The van der Waals surface area contributed by atoms with Gasteiger partial charge < -0.3 is 0 Å². The maximum Gasteiger partial charge on any atom is 0.271 e. The lowest BCUT2D eigenvalue weighted by atomic mass is 10.1. The van der Waals surface area contributed by atoms with Gasteiger partial charge in [-0.2, -0.15) is 0 Å². The smallest absolute Gasteiger partial charge is 0.271 e. The monoisotopic (exact) mass is 546 g/mol. The number of carbonyl (C=O) groups is 2. The fourth-order valence-corrected chi connectivity index (χ4v) is 5.60. The van der Waals surface area contributed by atoms with E-state index in [1.54, 1.807) is 41.1 Å². The number of amides is 2. The molecule has 204 valence electrons. The van der Waals surface area contributed by atoms with E-state index in [2.05, 4.69) is 0 Å². The highest BCUT2D eigenvalue weighted by atomic mass is 19.1. The molecular weight excluding hydrogens is 521 g/mol. The number of benzene rings is 3. The first kappa shape index (κ1) is 25.8. The molecule has 0 unspecified atom stereocenters. The van der Waals surface area contributed by atoms with Crippen LogP contribution in [0.4, 0.5) is 13.2 Å². The Bertz CT molecular complexity index is 1640. The van der Waals surface area contributed by atoms with Crippen molar-refractivity contribution in [1.29, 1.82) is 0 Å². The van der Waals surface area contributed by atoms with E-state index in [4.69, 9.17) is 0 Å². The average molecular weight is 547 g/mol. The molecule has 0 atom stereocenters. The summed E-state index contributed by atoms with van der Waals surface area (Å²) in [6.45, 7) is 1.53. The van der Waals surface area contributed by atoms with Crippen LogP contribution in [0.3, 0.4) is 0 Å². The summed E-state index contributed by atoms with van der Waals surface area (Å²) in [5.74, 6) is -2.45. The molecule has 0 spiro atoms. The zero-order chi connectivity index (χ0) is 28.0. The molecule has 40 heavy (non-hydrogen) atoms. The maximum absolute atomic E-state index is 13.7. The SMILES string of the molecule is O=C1c2ccccc2C(=O)N1CCn1c2c(c(=O)n1Cc1ccc(F)cc1)CN(Cc1cc(F)cc(F)c1)CC2. The summed E-state index contributed by atoms with van der Waals surface area (Å²) < 4.78 is 44.4. The Morgan fingerprint density at radius 2 is 1.32 bits per heavy atom. The number of hydrogen-bond donors (Lipinski definition) is 0. The van der Waals surface area contributed by atoms with Gasteiger partial charge in [-0.3, -0.25) is 28.9 Å². The van der Waals surface area contributed by atoms with Gasteiger partial charge in [-0.15, -0.1) is 0 Å². The van der Waals surface area contributed by atoms with Gasteiger partial charge in [0.25, 0.3) is 17.4 Å². The van der Waals surface area contributed by atoms with Crippen molar-refractivity contribution >= 4 is 11.8 Å². The predicted octanol–water partition coefficient (Wildman–Crippen LogP) is 3.97. The third-order valence-corrected chi connectivity index (χ3v) is 7.48. The minimum atomic E-state index is -0.659. The third-order valence-electron chi connectivity index (χ3n) is 7.48. The summed E-state index contributed by atoms with van der Waals surface area (Å²) in [5.41, 5.74) is 2.99. The van der Waals surface area contributed by atoms with Crippen LogP contribution in [-0.2, 0) is 32.6 Å². The van der Waals surface area contributed by atoms with E-state index in [0.29, 0.717) is 40.8 Å². The number of carbonyl (C=O) groups excluding carboxylic acids is 2. The minimum Gasteiger partial charge on any atom is -0.294 e. The molecule has 1 aromatic heterocycles. The van der Waals surface area contributed by atoms with Gasteiger partial charge in [0.1, 0.15) is 17.5 Å². The highest BCUT2D eigenvalue weighted by Gasteiger charge is 2.35. The molecule has 4 aromatic rings. The zero-order valence-corrected chi connectivity index (χ0v) is 21.4. The summed E-state index contributed by atoms with van der Waals surface area (Å²) >= 11 is 0. The third kappa shape index (κ3) is 4.75. The van der Waals surface area contributed by atoms with Gasteiger partial charge in [0.2, 0.25) is 0 Å². The Labute approximate surface area is 227 Å². The molecule has 2 aliphatic rings. The van der Waals surface area contributed by atoms with E-state index in [0.717, 1.165) is 11.8 Å². The lowest BCUT2D eigenvalue weighted by Gasteiger charge is -2.27. The molecule has 2 amide bonds. The average Bonchev–Trinajstić information content (AvgIpc) is 3.33. The second-order valence-electron chi connectivity index (χ2n) is 10.1. The molecule has 0 bridgehead atoms. The molecule has 6 rings (SSSR count). The van der Waals surface area contributed by atoms with Crippen molar-refractivity contribution in [3.63, 3.8) is 0 Å². The van der Waals surface area contributed by atoms with Crippen molar-refractivity contribution in [2.45, 2.75) is 32.6 Å². The topological polar surface area (TPSA) is 67.5 Å². The molecule has 3 heterocycles. The van der Waals surface area contributed by atoms with E-state index in [1.807, 2.05) is 9.58 Å². The van der Waals surface area contributed by atoms with E-state index in [1.165, 1.54) is 29.2 Å². The molecule has 0 fully saturated rings. The predicted molar refractivity (Wildman–Crippen MR) is 140 cm³/mol. The first-order chi connectivity index (χ1) is 19.3. The van der Waals surface area contributed by atoms with Crippen molar-refractivity contribution in [3.05, 3.63) is 128 Å². The van der Waals surface area contributed by atoms with Crippen LogP contribution < -0.4 is 5.56 Å². The second-order valence-corrected chi connectivity index (χ2v) is 10.1. The van der Waals surface area contributed by atoms with Crippen molar-refractivity contribution in [2.24, 2.45) is 0 Å². The molecular formula is C30H25F3N4O3. The van der Waals surface area contributed by atoms with Gasteiger partial charge in [-0.05, 0) is 47.5 Å². The van der Waals surface area contributed by atoms with Gasteiger partial charge in [-0.1, -0.05) is 24.3 Å². The van der Waals surface area contributed by atoms with Crippen LogP contribution in [0.1, 0.15) is 43.1 Å².